The first-order valence-electron chi connectivity index (χ1n) is 7.94. The van der Waals surface area contributed by atoms with Crippen LogP contribution < -0.4 is 5.32 Å². The highest BCUT2D eigenvalue weighted by molar-refractivity contribution is 7.16. The van der Waals surface area contributed by atoms with Crippen LogP contribution in [0.1, 0.15) is 34.5 Å². The second-order valence-electron chi connectivity index (χ2n) is 6.61. The highest BCUT2D eigenvalue weighted by atomic mass is 35.5. The standard InChI is InChI=1S/C16H18ClF2N3OS/c1-9-10(7-21-22-9)4-11-6-15(2-3-20-11)14-12(5-13(17)24-14)16(18,19)8-23-15/h5,7,11,20H,2-4,6,8H2,1H3,(H,21,22)/t11-,15?/m1/s1. The van der Waals surface area contributed by atoms with Gasteiger partial charge in [-0.1, -0.05) is 11.6 Å². The van der Waals surface area contributed by atoms with E-state index in [1.807, 2.05) is 13.1 Å². The summed E-state index contributed by atoms with van der Waals surface area (Å²) in [5, 5.41) is 10.5. The van der Waals surface area contributed by atoms with Gasteiger partial charge < -0.3 is 10.1 Å². The third-order valence-corrected chi connectivity index (χ3v) is 6.43. The summed E-state index contributed by atoms with van der Waals surface area (Å²) in [5.74, 6) is -2.97. The summed E-state index contributed by atoms with van der Waals surface area (Å²) >= 11 is 7.28. The first kappa shape index (κ1) is 16.4. The summed E-state index contributed by atoms with van der Waals surface area (Å²) in [6, 6.07) is 1.55. The Morgan fingerprint density at radius 2 is 2.33 bits per heavy atom. The van der Waals surface area contributed by atoms with Crippen LogP contribution in [0.5, 0.6) is 0 Å². The maximum Gasteiger partial charge on any atom is 0.297 e. The van der Waals surface area contributed by atoms with Gasteiger partial charge in [-0.15, -0.1) is 11.3 Å². The molecule has 4 nitrogen and oxygen atoms in total. The van der Waals surface area contributed by atoms with Gasteiger partial charge in [0.05, 0.1) is 10.5 Å². The monoisotopic (exact) mass is 373 g/mol. The number of aryl methyl sites for hydroxylation is 1. The van der Waals surface area contributed by atoms with Crippen LogP contribution in [-0.2, 0) is 22.7 Å². The number of fused-ring (bicyclic) bond motifs is 2. The van der Waals surface area contributed by atoms with Gasteiger partial charge in [-0.3, -0.25) is 5.10 Å². The van der Waals surface area contributed by atoms with Crippen LogP contribution in [0, 0.1) is 6.92 Å². The second kappa shape index (κ2) is 5.76. The summed E-state index contributed by atoms with van der Waals surface area (Å²) in [6.07, 6.45) is 3.94. The molecule has 0 aliphatic carbocycles. The number of halogens is 3. The molecule has 8 heteroatoms. The van der Waals surface area contributed by atoms with Gasteiger partial charge in [-0.05, 0) is 44.4 Å². The molecule has 24 heavy (non-hydrogen) atoms. The number of nitrogens with zero attached hydrogens (tertiary/aromatic N) is 1. The predicted octanol–water partition coefficient (Wildman–Crippen LogP) is 3.75. The van der Waals surface area contributed by atoms with Crippen molar-refractivity contribution in [2.45, 2.75) is 43.8 Å². The Labute approximate surface area is 147 Å². The van der Waals surface area contributed by atoms with Crippen LogP contribution in [-0.4, -0.2) is 29.4 Å². The number of thiophene rings is 1. The summed E-state index contributed by atoms with van der Waals surface area (Å²) in [6.45, 7) is 2.13. The van der Waals surface area contributed by atoms with Crippen LogP contribution in [0.25, 0.3) is 0 Å². The number of aromatic amines is 1. The lowest BCUT2D eigenvalue weighted by atomic mass is 9.80. The Bertz CT molecular complexity index is 762. The molecule has 1 saturated heterocycles. The molecule has 2 aliphatic heterocycles. The zero-order chi connectivity index (χ0) is 16.9. The molecule has 2 N–H and O–H groups in total. The quantitative estimate of drug-likeness (QED) is 0.843. The smallest absolute Gasteiger partial charge is 0.297 e. The average molecular weight is 374 g/mol. The molecule has 0 aromatic carbocycles. The van der Waals surface area contributed by atoms with E-state index in [2.05, 4.69) is 15.5 Å². The fourth-order valence-electron chi connectivity index (χ4n) is 3.72. The molecular formula is C16H18ClF2N3OS. The molecule has 1 fully saturated rings. The van der Waals surface area contributed by atoms with E-state index in [0.717, 1.165) is 24.2 Å². The molecule has 1 spiro atoms. The van der Waals surface area contributed by atoms with Crippen LogP contribution in [0.2, 0.25) is 4.34 Å². The van der Waals surface area contributed by atoms with Crippen molar-refractivity contribution in [2.24, 2.45) is 0 Å². The Morgan fingerprint density at radius 1 is 1.50 bits per heavy atom. The number of ether oxygens (including phenoxy) is 1. The highest BCUT2D eigenvalue weighted by Crippen LogP contribution is 2.52. The van der Waals surface area contributed by atoms with E-state index in [0.29, 0.717) is 22.1 Å². The Kier molecular flexibility index (Phi) is 3.95. The SMILES string of the molecule is Cc1[nH]ncc1C[C@@H]1CC2(CCN1)OCC(F)(F)c1cc(Cl)sc12. The molecule has 4 heterocycles. The van der Waals surface area contributed by atoms with Gasteiger partial charge in [-0.25, -0.2) is 0 Å². The third-order valence-electron chi connectivity index (χ3n) is 4.98. The Hall–Kier alpha value is -1.02. The van der Waals surface area contributed by atoms with Gasteiger partial charge in [-0.2, -0.15) is 13.9 Å². The average Bonchev–Trinajstić information content (AvgIpc) is 3.12. The van der Waals surface area contributed by atoms with Gasteiger partial charge in [0.1, 0.15) is 12.2 Å². The van der Waals surface area contributed by atoms with Crippen molar-refractivity contribution < 1.29 is 13.5 Å². The van der Waals surface area contributed by atoms with Gasteiger partial charge in [0, 0.05) is 22.2 Å². The van der Waals surface area contributed by atoms with Gasteiger partial charge in [0.2, 0.25) is 0 Å². The molecular weight excluding hydrogens is 356 g/mol. The zero-order valence-corrected chi connectivity index (χ0v) is 14.7. The number of rotatable bonds is 2. The molecule has 0 bridgehead atoms. The summed E-state index contributed by atoms with van der Waals surface area (Å²) in [4.78, 5) is 0.596. The molecule has 4 rings (SSSR count). The topological polar surface area (TPSA) is 49.9 Å². The van der Waals surface area contributed by atoms with Crippen molar-refractivity contribution in [3.8, 4) is 0 Å². The lowest BCUT2D eigenvalue weighted by Crippen LogP contribution is -2.52. The minimum atomic E-state index is -2.97. The Balaban J connectivity index is 1.64. The number of alkyl halides is 2. The van der Waals surface area contributed by atoms with E-state index in [9.17, 15) is 8.78 Å². The summed E-state index contributed by atoms with van der Waals surface area (Å²) in [5.41, 5.74) is 1.55. The van der Waals surface area contributed by atoms with Crippen molar-refractivity contribution in [1.29, 1.82) is 0 Å². The van der Waals surface area contributed by atoms with Gasteiger partial charge in [0.25, 0.3) is 5.92 Å². The molecule has 2 aromatic rings. The molecule has 2 aliphatic rings. The Morgan fingerprint density at radius 3 is 3.08 bits per heavy atom. The lowest BCUT2D eigenvalue weighted by molar-refractivity contribution is -0.178. The van der Waals surface area contributed by atoms with Crippen LogP contribution in [0.3, 0.4) is 0 Å². The van der Waals surface area contributed by atoms with Crippen LogP contribution in [0.15, 0.2) is 12.3 Å². The third kappa shape index (κ3) is 2.67. The van der Waals surface area contributed by atoms with E-state index < -0.39 is 18.1 Å². The minimum absolute atomic E-state index is 0.0453. The lowest BCUT2D eigenvalue weighted by Gasteiger charge is -2.45. The van der Waals surface area contributed by atoms with E-state index in [-0.39, 0.29) is 11.6 Å². The van der Waals surface area contributed by atoms with Crippen molar-refractivity contribution in [3.63, 3.8) is 0 Å². The van der Waals surface area contributed by atoms with E-state index in [1.54, 1.807) is 0 Å². The molecule has 2 atom stereocenters. The van der Waals surface area contributed by atoms with Crippen molar-refractivity contribution >= 4 is 22.9 Å². The molecule has 130 valence electrons. The summed E-state index contributed by atoms with van der Waals surface area (Å²) in [7, 11) is 0. The largest absolute Gasteiger partial charge is 0.363 e. The van der Waals surface area contributed by atoms with Crippen LogP contribution in [0.4, 0.5) is 8.78 Å². The normalized spacial score (nSPS) is 28.9. The molecule has 0 radical (unpaired) electrons. The maximum atomic E-state index is 14.2. The highest BCUT2D eigenvalue weighted by Gasteiger charge is 2.52. The number of piperidine rings is 1. The predicted molar refractivity (Wildman–Crippen MR) is 88.9 cm³/mol. The fourth-order valence-corrected chi connectivity index (χ4v) is 5.18. The van der Waals surface area contributed by atoms with E-state index in [4.69, 9.17) is 16.3 Å². The van der Waals surface area contributed by atoms with E-state index in [1.165, 1.54) is 17.4 Å². The number of aromatic nitrogens is 2. The molecule has 0 amide bonds. The first-order valence-corrected chi connectivity index (χ1v) is 9.13. The molecule has 1 unspecified atom stereocenters. The van der Waals surface area contributed by atoms with E-state index >= 15 is 0 Å². The van der Waals surface area contributed by atoms with Crippen molar-refractivity contribution in [2.75, 3.05) is 13.2 Å². The fraction of sp³-hybridized carbons (Fsp3) is 0.562. The van der Waals surface area contributed by atoms with Gasteiger partial charge >= 0.3 is 0 Å². The van der Waals surface area contributed by atoms with Crippen LogP contribution >= 0.6 is 22.9 Å². The number of H-pyrrole nitrogens is 1. The second-order valence-corrected chi connectivity index (χ2v) is 8.29. The number of hydrogen-bond donors (Lipinski definition) is 2. The molecule has 0 saturated carbocycles. The number of nitrogens with one attached hydrogen (secondary N) is 2. The zero-order valence-electron chi connectivity index (χ0n) is 13.2. The first-order chi connectivity index (χ1) is 11.4. The maximum absolute atomic E-state index is 14.2. The summed E-state index contributed by atoms with van der Waals surface area (Å²) < 4.78 is 34.6. The van der Waals surface area contributed by atoms with Crippen molar-refractivity contribution in [3.05, 3.63) is 38.3 Å². The van der Waals surface area contributed by atoms with Gasteiger partial charge in [0.15, 0.2) is 0 Å². The minimum Gasteiger partial charge on any atom is -0.363 e. The van der Waals surface area contributed by atoms with Crippen molar-refractivity contribution in [1.82, 2.24) is 15.5 Å². The molecule has 2 aromatic heterocycles. The number of hydrogen-bond acceptors (Lipinski definition) is 4.